The van der Waals surface area contributed by atoms with Crippen LogP contribution in [0.2, 0.25) is 0 Å². The number of carbonyl (C=O) groups is 1. The van der Waals surface area contributed by atoms with E-state index in [4.69, 9.17) is 9.47 Å². The SMILES string of the molecule is COc1ccc(/C=C2\C=CC/C(=C\c3ccc(OC)cc3)C2=O)cc1. The van der Waals surface area contributed by atoms with Crippen LogP contribution in [0.15, 0.2) is 71.8 Å². The molecular weight excluding hydrogens is 312 g/mol. The van der Waals surface area contributed by atoms with Crippen molar-refractivity contribution < 1.29 is 14.3 Å². The second-order valence-corrected chi connectivity index (χ2v) is 5.75. The van der Waals surface area contributed by atoms with Crippen molar-refractivity contribution in [3.8, 4) is 11.5 Å². The minimum atomic E-state index is 0.0640. The number of allylic oxidation sites excluding steroid dienone is 4. The van der Waals surface area contributed by atoms with Crippen LogP contribution in [0.25, 0.3) is 12.2 Å². The summed E-state index contributed by atoms with van der Waals surface area (Å²) in [4.78, 5) is 12.7. The molecule has 126 valence electrons. The van der Waals surface area contributed by atoms with E-state index in [1.807, 2.05) is 72.8 Å². The van der Waals surface area contributed by atoms with Gasteiger partial charge >= 0.3 is 0 Å². The minimum Gasteiger partial charge on any atom is -0.497 e. The van der Waals surface area contributed by atoms with Crippen LogP contribution in [0, 0.1) is 0 Å². The predicted molar refractivity (Wildman–Crippen MR) is 101 cm³/mol. The first-order chi connectivity index (χ1) is 12.2. The van der Waals surface area contributed by atoms with Gasteiger partial charge in [0.15, 0.2) is 5.78 Å². The fourth-order valence-electron chi connectivity index (χ4n) is 2.69. The standard InChI is InChI=1S/C22H20O3/c1-24-20-10-6-16(7-11-20)14-18-4-3-5-19(22(18)23)15-17-8-12-21(25-2)13-9-17/h3-4,6-15H,5H2,1-2H3/b18-14+,19-15+. The maximum Gasteiger partial charge on any atom is 0.189 e. The van der Waals surface area contributed by atoms with Gasteiger partial charge in [0.1, 0.15) is 11.5 Å². The highest BCUT2D eigenvalue weighted by Gasteiger charge is 2.16. The van der Waals surface area contributed by atoms with Crippen LogP contribution in [0.5, 0.6) is 11.5 Å². The Kier molecular flexibility index (Phi) is 5.14. The molecule has 0 saturated heterocycles. The van der Waals surface area contributed by atoms with Crippen molar-refractivity contribution in [3.63, 3.8) is 0 Å². The van der Waals surface area contributed by atoms with E-state index < -0.39 is 0 Å². The summed E-state index contributed by atoms with van der Waals surface area (Å²) < 4.78 is 10.3. The van der Waals surface area contributed by atoms with Crippen molar-refractivity contribution in [1.29, 1.82) is 0 Å². The van der Waals surface area contributed by atoms with Gasteiger partial charge in [0.25, 0.3) is 0 Å². The van der Waals surface area contributed by atoms with E-state index in [1.54, 1.807) is 14.2 Å². The Morgan fingerprint density at radius 3 is 1.84 bits per heavy atom. The fourth-order valence-corrected chi connectivity index (χ4v) is 2.69. The number of hydrogen-bond acceptors (Lipinski definition) is 3. The Balaban J connectivity index is 1.84. The second kappa shape index (κ2) is 7.67. The lowest BCUT2D eigenvalue weighted by Gasteiger charge is -2.11. The van der Waals surface area contributed by atoms with E-state index >= 15 is 0 Å². The van der Waals surface area contributed by atoms with Gasteiger partial charge in [0.05, 0.1) is 14.2 Å². The van der Waals surface area contributed by atoms with Gasteiger partial charge in [-0.2, -0.15) is 0 Å². The number of methoxy groups -OCH3 is 2. The molecule has 3 heteroatoms. The molecule has 0 atom stereocenters. The highest BCUT2D eigenvalue weighted by Crippen LogP contribution is 2.24. The van der Waals surface area contributed by atoms with Crippen LogP contribution in [0.3, 0.4) is 0 Å². The van der Waals surface area contributed by atoms with Gasteiger partial charge in [-0.15, -0.1) is 0 Å². The molecule has 0 saturated carbocycles. The first-order valence-corrected chi connectivity index (χ1v) is 8.11. The number of rotatable bonds is 4. The monoisotopic (exact) mass is 332 g/mol. The number of benzene rings is 2. The van der Waals surface area contributed by atoms with E-state index in [0.29, 0.717) is 12.0 Å². The zero-order chi connectivity index (χ0) is 17.6. The maximum absolute atomic E-state index is 12.7. The number of carbonyl (C=O) groups excluding carboxylic acids is 1. The summed E-state index contributed by atoms with van der Waals surface area (Å²) in [7, 11) is 3.27. The number of ether oxygens (including phenoxy) is 2. The summed E-state index contributed by atoms with van der Waals surface area (Å²) >= 11 is 0. The molecule has 3 rings (SSSR count). The number of ketones is 1. The molecule has 2 aromatic carbocycles. The zero-order valence-corrected chi connectivity index (χ0v) is 14.4. The van der Waals surface area contributed by atoms with Gasteiger partial charge in [0, 0.05) is 11.1 Å². The van der Waals surface area contributed by atoms with Crippen LogP contribution >= 0.6 is 0 Å². The third-order valence-corrected chi connectivity index (χ3v) is 4.08. The van der Waals surface area contributed by atoms with Crippen molar-refractivity contribution >= 4 is 17.9 Å². The van der Waals surface area contributed by atoms with Crippen LogP contribution in [0.1, 0.15) is 17.5 Å². The molecule has 0 N–H and O–H groups in total. The van der Waals surface area contributed by atoms with E-state index in [0.717, 1.165) is 28.2 Å². The Morgan fingerprint density at radius 2 is 1.32 bits per heavy atom. The van der Waals surface area contributed by atoms with Crippen LogP contribution in [-0.4, -0.2) is 20.0 Å². The van der Waals surface area contributed by atoms with Gasteiger partial charge in [0.2, 0.25) is 0 Å². The van der Waals surface area contributed by atoms with E-state index in [-0.39, 0.29) is 5.78 Å². The van der Waals surface area contributed by atoms with Crippen molar-refractivity contribution in [2.24, 2.45) is 0 Å². The molecule has 2 aromatic rings. The number of hydrogen-bond donors (Lipinski definition) is 0. The smallest absolute Gasteiger partial charge is 0.189 e. The Labute approximate surface area is 147 Å². The summed E-state index contributed by atoms with van der Waals surface area (Å²) in [6.45, 7) is 0. The summed E-state index contributed by atoms with van der Waals surface area (Å²) in [5.41, 5.74) is 3.44. The van der Waals surface area contributed by atoms with E-state index in [9.17, 15) is 4.79 Å². The van der Waals surface area contributed by atoms with Gasteiger partial charge < -0.3 is 9.47 Å². The molecule has 1 aliphatic rings. The highest BCUT2D eigenvalue weighted by molar-refractivity contribution is 6.16. The molecule has 0 spiro atoms. The molecule has 0 fully saturated rings. The summed E-state index contributed by atoms with van der Waals surface area (Å²) in [5, 5.41) is 0. The lowest BCUT2D eigenvalue weighted by atomic mass is 9.92. The summed E-state index contributed by atoms with van der Waals surface area (Å²) in [6.07, 6.45) is 8.39. The van der Waals surface area contributed by atoms with Gasteiger partial charge in [-0.1, -0.05) is 36.4 Å². The molecule has 0 aliphatic heterocycles. The molecule has 0 radical (unpaired) electrons. The fraction of sp³-hybridized carbons (Fsp3) is 0.136. The van der Waals surface area contributed by atoms with Gasteiger partial charge in [-0.3, -0.25) is 4.79 Å². The second-order valence-electron chi connectivity index (χ2n) is 5.75. The molecular formula is C22H20O3. The molecule has 25 heavy (non-hydrogen) atoms. The van der Waals surface area contributed by atoms with Crippen molar-refractivity contribution in [2.45, 2.75) is 6.42 Å². The first kappa shape index (κ1) is 16.8. The number of Topliss-reactive ketones (excluding diaryl/α,β-unsaturated/α-hetero) is 1. The largest absolute Gasteiger partial charge is 0.497 e. The molecule has 0 bridgehead atoms. The molecule has 3 nitrogen and oxygen atoms in total. The van der Waals surface area contributed by atoms with Crippen molar-refractivity contribution in [2.75, 3.05) is 14.2 Å². The predicted octanol–water partition coefficient (Wildman–Crippen LogP) is 4.70. The Hall–Kier alpha value is -3.07. The highest BCUT2D eigenvalue weighted by atomic mass is 16.5. The molecule has 0 amide bonds. The van der Waals surface area contributed by atoms with Gasteiger partial charge in [-0.05, 0) is 54.0 Å². The average molecular weight is 332 g/mol. The molecule has 0 heterocycles. The topological polar surface area (TPSA) is 35.5 Å². The molecule has 0 aromatic heterocycles. The normalized spacial score (nSPS) is 17.1. The third-order valence-electron chi connectivity index (χ3n) is 4.08. The summed E-state index contributed by atoms with van der Waals surface area (Å²) in [5.74, 6) is 1.67. The van der Waals surface area contributed by atoms with Gasteiger partial charge in [-0.25, -0.2) is 0 Å². The average Bonchev–Trinajstić information content (AvgIpc) is 2.66. The van der Waals surface area contributed by atoms with E-state index in [1.165, 1.54) is 0 Å². The Bertz CT molecular complexity index is 838. The quantitative estimate of drug-likeness (QED) is 0.761. The van der Waals surface area contributed by atoms with Crippen LogP contribution in [-0.2, 0) is 4.79 Å². The van der Waals surface area contributed by atoms with Crippen LogP contribution < -0.4 is 9.47 Å². The first-order valence-electron chi connectivity index (χ1n) is 8.11. The minimum absolute atomic E-state index is 0.0640. The molecule has 1 aliphatic carbocycles. The maximum atomic E-state index is 12.7. The zero-order valence-electron chi connectivity index (χ0n) is 14.4. The van der Waals surface area contributed by atoms with E-state index in [2.05, 4.69) is 0 Å². The lowest BCUT2D eigenvalue weighted by Crippen LogP contribution is -2.08. The van der Waals surface area contributed by atoms with Crippen molar-refractivity contribution in [1.82, 2.24) is 0 Å². The molecule has 0 unspecified atom stereocenters. The van der Waals surface area contributed by atoms with Crippen molar-refractivity contribution in [3.05, 3.63) is 83.0 Å². The Morgan fingerprint density at radius 1 is 0.800 bits per heavy atom. The van der Waals surface area contributed by atoms with Crippen LogP contribution in [0.4, 0.5) is 0 Å². The summed E-state index contributed by atoms with van der Waals surface area (Å²) in [6, 6.07) is 15.3. The lowest BCUT2D eigenvalue weighted by molar-refractivity contribution is -0.112. The third kappa shape index (κ3) is 4.07.